The highest BCUT2D eigenvalue weighted by molar-refractivity contribution is 7.82. The number of rotatable bonds is 8. The third-order valence-corrected chi connectivity index (χ3v) is 7.08. The van der Waals surface area contributed by atoms with Crippen LogP contribution in [-0.4, -0.2) is 45.0 Å². The summed E-state index contributed by atoms with van der Waals surface area (Å²) in [6, 6.07) is 11.8. The van der Waals surface area contributed by atoms with Gasteiger partial charge in [-0.15, -0.1) is 0 Å². The molecule has 0 spiro atoms. The highest BCUT2D eigenvalue weighted by atomic mass is 32.2. The lowest BCUT2D eigenvalue weighted by atomic mass is 9.75. The number of alkyl carbamates (subject to hydrolysis) is 1. The molecule has 1 amide bonds. The van der Waals surface area contributed by atoms with Crippen LogP contribution in [0.4, 0.5) is 9.18 Å². The number of hydrogen-bond donors (Lipinski definition) is 1. The molecule has 30 heavy (non-hydrogen) atoms. The first-order valence-electron chi connectivity index (χ1n) is 10.2. The second-order valence-electron chi connectivity index (χ2n) is 7.51. The van der Waals surface area contributed by atoms with E-state index in [2.05, 4.69) is 10.3 Å². The molecule has 2 heterocycles. The van der Waals surface area contributed by atoms with Crippen LogP contribution in [0, 0.1) is 5.82 Å². The topological polar surface area (TPSA) is 71.5 Å². The number of pyridine rings is 1. The standard InChI is InChI=1S/C22H28FN3O3S/c1-2-14-30(28)26-12-9-22(10-13-26,20-8-3-4-11-24-20)17-25-21(27)29-16-18-6-5-7-19(23)15-18/h3-8,11,15H,2,9-10,12-14,16-17H2,1H3,(H,25,27). The molecule has 162 valence electrons. The van der Waals surface area contributed by atoms with Gasteiger partial charge in [0, 0.05) is 42.7 Å². The van der Waals surface area contributed by atoms with E-state index >= 15 is 0 Å². The van der Waals surface area contributed by atoms with E-state index in [9.17, 15) is 13.4 Å². The Morgan fingerprint density at radius 1 is 1.27 bits per heavy atom. The summed E-state index contributed by atoms with van der Waals surface area (Å²) in [5.41, 5.74) is 1.17. The molecule has 0 saturated carbocycles. The lowest BCUT2D eigenvalue weighted by Crippen LogP contribution is -2.50. The van der Waals surface area contributed by atoms with Crippen LogP contribution in [0.15, 0.2) is 48.7 Å². The van der Waals surface area contributed by atoms with Gasteiger partial charge in [-0.2, -0.15) is 0 Å². The van der Waals surface area contributed by atoms with E-state index in [1.165, 1.54) is 12.1 Å². The number of benzene rings is 1. The minimum Gasteiger partial charge on any atom is -0.445 e. The molecule has 6 nitrogen and oxygen atoms in total. The normalized spacial score (nSPS) is 17.3. The van der Waals surface area contributed by atoms with E-state index in [4.69, 9.17) is 4.74 Å². The van der Waals surface area contributed by atoms with Gasteiger partial charge in [0.2, 0.25) is 0 Å². The van der Waals surface area contributed by atoms with Gasteiger partial charge in [0.05, 0.1) is 11.0 Å². The summed E-state index contributed by atoms with van der Waals surface area (Å²) in [6.45, 7) is 3.77. The Hall–Kier alpha value is -2.32. The van der Waals surface area contributed by atoms with Gasteiger partial charge in [-0.05, 0) is 49.1 Å². The second-order valence-corrected chi connectivity index (χ2v) is 9.08. The Kier molecular flexibility index (Phi) is 7.93. The van der Waals surface area contributed by atoms with Crippen LogP contribution in [0.2, 0.25) is 0 Å². The molecule has 1 aliphatic heterocycles. The Balaban J connectivity index is 1.61. The fraction of sp³-hybridized carbons (Fsp3) is 0.455. The molecule has 1 saturated heterocycles. The highest BCUT2D eigenvalue weighted by Crippen LogP contribution is 2.34. The van der Waals surface area contributed by atoms with Crippen LogP contribution in [0.5, 0.6) is 0 Å². The maximum Gasteiger partial charge on any atom is 0.407 e. The minimum absolute atomic E-state index is 0.00393. The summed E-state index contributed by atoms with van der Waals surface area (Å²) in [7, 11) is -0.965. The molecule has 1 aliphatic rings. The first kappa shape index (κ1) is 22.4. The Morgan fingerprint density at radius 2 is 2.07 bits per heavy atom. The van der Waals surface area contributed by atoms with Crippen molar-refractivity contribution in [1.29, 1.82) is 0 Å². The summed E-state index contributed by atoms with van der Waals surface area (Å²) in [4.78, 5) is 16.8. The van der Waals surface area contributed by atoms with E-state index in [-0.39, 0.29) is 17.8 Å². The van der Waals surface area contributed by atoms with Crippen LogP contribution in [0.25, 0.3) is 0 Å². The van der Waals surface area contributed by atoms with Crippen molar-refractivity contribution < 1.29 is 18.1 Å². The van der Waals surface area contributed by atoms with Gasteiger partial charge in [-0.25, -0.2) is 17.7 Å². The fourth-order valence-corrected chi connectivity index (χ4v) is 4.89. The number of nitrogens with zero attached hydrogens (tertiary/aromatic N) is 2. The third kappa shape index (κ3) is 5.86. The number of carbonyl (C=O) groups excluding carboxylic acids is 1. The summed E-state index contributed by atoms with van der Waals surface area (Å²) < 4.78 is 32.9. The largest absolute Gasteiger partial charge is 0.445 e. The molecule has 1 aromatic carbocycles. The van der Waals surface area contributed by atoms with E-state index in [0.29, 0.717) is 31.0 Å². The minimum atomic E-state index is -0.965. The van der Waals surface area contributed by atoms with E-state index < -0.39 is 17.1 Å². The monoisotopic (exact) mass is 433 g/mol. The van der Waals surface area contributed by atoms with Gasteiger partial charge in [-0.3, -0.25) is 4.98 Å². The molecule has 3 rings (SSSR count). The smallest absolute Gasteiger partial charge is 0.407 e. The van der Waals surface area contributed by atoms with Crippen molar-refractivity contribution in [2.75, 3.05) is 25.4 Å². The highest BCUT2D eigenvalue weighted by Gasteiger charge is 2.39. The van der Waals surface area contributed by atoms with Crippen molar-refractivity contribution in [1.82, 2.24) is 14.6 Å². The molecule has 0 bridgehead atoms. The Labute approximate surface area is 179 Å². The molecule has 2 aromatic rings. The number of hydrogen-bond acceptors (Lipinski definition) is 4. The molecule has 1 fully saturated rings. The molecular formula is C22H28FN3O3S. The molecular weight excluding hydrogens is 405 g/mol. The molecule has 1 aromatic heterocycles. The molecule has 1 N–H and O–H groups in total. The number of ether oxygens (including phenoxy) is 1. The van der Waals surface area contributed by atoms with Crippen molar-refractivity contribution in [2.45, 2.75) is 38.2 Å². The molecule has 0 radical (unpaired) electrons. The lowest BCUT2D eigenvalue weighted by Gasteiger charge is -2.40. The average molecular weight is 434 g/mol. The number of carbonyl (C=O) groups is 1. The summed E-state index contributed by atoms with van der Waals surface area (Å²) >= 11 is 0. The Bertz CT molecular complexity index is 858. The van der Waals surface area contributed by atoms with E-state index in [1.54, 1.807) is 18.3 Å². The van der Waals surface area contributed by atoms with Gasteiger partial charge < -0.3 is 10.1 Å². The zero-order valence-corrected chi connectivity index (χ0v) is 18.0. The van der Waals surface area contributed by atoms with Gasteiger partial charge in [0.25, 0.3) is 0 Å². The van der Waals surface area contributed by atoms with Gasteiger partial charge >= 0.3 is 6.09 Å². The predicted molar refractivity (Wildman–Crippen MR) is 115 cm³/mol. The third-order valence-electron chi connectivity index (χ3n) is 5.38. The SMILES string of the molecule is CCCS(=O)N1CCC(CNC(=O)OCc2cccc(F)c2)(c2ccccn2)CC1. The van der Waals surface area contributed by atoms with Crippen LogP contribution in [0.3, 0.4) is 0 Å². The number of piperidine rings is 1. The van der Waals surface area contributed by atoms with Crippen LogP contribution >= 0.6 is 0 Å². The number of amides is 1. The average Bonchev–Trinajstić information content (AvgIpc) is 2.77. The van der Waals surface area contributed by atoms with E-state index in [0.717, 1.165) is 25.0 Å². The van der Waals surface area contributed by atoms with Gasteiger partial charge in [-0.1, -0.05) is 25.1 Å². The van der Waals surface area contributed by atoms with Crippen LogP contribution < -0.4 is 5.32 Å². The van der Waals surface area contributed by atoms with Crippen LogP contribution in [-0.2, 0) is 27.7 Å². The Morgan fingerprint density at radius 3 is 2.73 bits per heavy atom. The van der Waals surface area contributed by atoms with Crippen molar-refractivity contribution >= 4 is 17.1 Å². The van der Waals surface area contributed by atoms with E-state index in [1.807, 2.05) is 29.4 Å². The number of nitrogens with one attached hydrogen (secondary N) is 1. The molecule has 0 aliphatic carbocycles. The summed E-state index contributed by atoms with van der Waals surface area (Å²) in [6.07, 6.45) is 3.56. The zero-order valence-electron chi connectivity index (χ0n) is 17.2. The first-order chi connectivity index (χ1) is 14.5. The van der Waals surface area contributed by atoms with Crippen LogP contribution in [0.1, 0.15) is 37.4 Å². The maximum absolute atomic E-state index is 13.3. The second kappa shape index (κ2) is 10.6. The van der Waals surface area contributed by atoms with Gasteiger partial charge in [0.1, 0.15) is 12.4 Å². The fourth-order valence-electron chi connectivity index (χ4n) is 3.69. The van der Waals surface area contributed by atoms with Crippen molar-refractivity contribution in [2.24, 2.45) is 0 Å². The van der Waals surface area contributed by atoms with Crippen molar-refractivity contribution in [3.05, 3.63) is 65.7 Å². The maximum atomic E-state index is 13.3. The van der Waals surface area contributed by atoms with Crippen molar-refractivity contribution in [3.8, 4) is 0 Å². The predicted octanol–water partition coefficient (Wildman–Crippen LogP) is 3.55. The molecule has 1 atom stereocenters. The quantitative estimate of drug-likeness (QED) is 0.691. The molecule has 8 heteroatoms. The number of halogens is 1. The summed E-state index contributed by atoms with van der Waals surface area (Å²) in [5.74, 6) is 0.305. The first-order valence-corrected chi connectivity index (χ1v) is 11.5. The zero-order chi connectivity index (χ0) is 21.4. The number of aromatic nitrogens is 1. The molecule has 1 unspecified atom stereocenters. The summed E-state index contributed by atoms with van der Waals surface area (Å²) in [5, 5.41) is 2.86. The van der Waals surface area contributed by atoms with Crippen molar-refractivity contribution in [3.63, 3.8) is 0 Å². The van der Waals surface area contributed by atoms with Gasteiger partial charge in [0.15, 0.2) is 0 Å². The lowest BCUT2D eigenvalue weighted by molar-refractivity contribution is 0.133.